The van der Waals surface area contributed by atoms with Crippen molar-refractivity contribution in [3.05, 3.63) is 29.8 Å². The van der Waals surface area contributed by atoms with E-state index in [4.69, 9.17) is 15.1 Å². The number of hydrogen-bond donors (Lipinski definition) is 1. The van der Waals surface area contributed by atoms with Gasteiger partial charge in [-0.1, -0.05) is 6.07 Å². The molecule has 1 aliphatic heterocycles. The lowest BCUT2D eigenvalue weighted by Gasteiger charge is -2.21. The Morgan fingerprint density at radius 3 is 2.70 bits per heavy atom. The molecule has 0 spiro atoms. The minimum atomic E-state index is -1.05. The van der Waals surface area contributed by atoms with Crippen molar-refractivity contribution in [1.82, 2.24) is 0 Å². The van der Waals surface area contributed by atoms with Crippen molar-refractivity contribution in [3.8, 4) is 6.07 Å². The molecule has 1 saturated heterocycles. The standard InChI is InChI=1S/C14H14N2O4/c1-16(10-4-2-3-9(7-10)8-15)13(17)11-5-6-12(20-11)14(18)19/h2-4,7,11-12H,5-6H2,1H3,(H,18,19). The van der Waals surface area contributed by atoms with E-state index in [0.717, 1.165) is 0 Å². The number of aliphatic carboxylic acids is 1. The fraction of sp³-hybridized carbons (Fsp3) is 0.357. The van der Waals surface area contributed by atoms with Crippen LogP contribution in [0.3, 0.4) is 0 Å². The van der Waals surface area contributed by atoms with Gasteiger partial charge in [-0.2, -0.15) is 5.26 Å². The van der Waals surface area contributed by atoms with Gasteiger partial charge in [-0.05, 0) is 31.0 Å². The van der Waals surface area contributed by atoms with Crippen molar-refractivity contribution in [2.75, 3.05) is 11.9 Å². The van der Waals surface area contributed by atoms with Crippen LogP contribution >= 0.6 is 0 Å². The summed E-state index contributed by atoms with van der Waals surface area (Å²) in [5.41, 5.74) is 1.04. The van der Waals surface area contributed by atoms with E-state index < -0.39 is 18.2 Å². The molecule has 0 saturated carbocycles. The van der Waals surface area contributed by atoms with Gasteiger partial charge >= 0.3 is 5.97 Å². The van der Waals surface area contributed by atoms with Crippen molar-refractivity contribution in [3.63, 3.8) is 0 Å². The summed E-state index contributed by atoms with van der Waals surface area (Å²) in [7, 11) is 1.58. The number of nitrogens with zero attached hydrogens (tertiary/aromatic N) is 2. The fourth-order valence-corrected chi connectivity index (χ4v) is 2.13. The first-order chi connectivity index (χ1) is 9.52. The largest absolute Gasteiger partial charge is 0.479 e. The van der Waals surface area contributed by atoms with Crippen molar-refractivity contribution >= 4 is 17.6 Å². The van der Waals surface area contributed by atoms with Gasteiger partial charge in [-0.3, -0.25) is 4.79 Å². The van der Waals surface area contributed by atoms with Crippen molar-refractivity contribution in [2.24, 2.45) is 0 Å². The van der Waals surface area contributed by atoms with Crippen LogP contribution in [0.2, 0.25) is 0 Å². The summed E-state index contributed by atoms with van der Waals surface area (Å²) in [5.74, 6) is -1.35. The second-order valence-electron chi connectivity index (χ2n) is 4.59. The lowest BCUT2D eigenvalue weighted by Crippen LogP contribution is -2.37. The molecule has 0 radical (unpaired) electrons. The van der Waals surface area contributed by atoms with Crippen molar-refractivity contribution in [1.29, 1.82) is 5.26 Å². The number of anilines is 1. The van der Waals surface area contributed by atoms with Crippen LogP contribution in [0.1, 0.15) is 18.4 Å². The highest BCUT2D eigenvalue weighted by Crippen LogP contribution is 2.24. The summed E-state index contributed by atoms with van der Waals surface area (Å²) in [6.45, 7) is 0. The third kappa shape index (κ3) is 2.78. The van der Waals surface area contributed by atoms with E-state index in [1.54, 1.807) is 31.3 Å². The number of rotatable bonds is 3. The number of carbonyl (C=O) groups excluding carboxylic acids is 1. The number of hydrogen-bond acceptors (Lipinski definition) is 4. The molecule has 1 amide bonds. The second kappa shape index (κ2) is 5.72. The molecule has 1 N–H and O–H groups in total. The zero-order valence-electron chi connectivity index (χ0n) is 10.9. The molecule has 1 aliphatic rings. The van der Waals surface area contributed by atoms with Crippen LogP contribution in [-0.2, 0) is 14.3 Å². The van der Waals surface area contributed by atoms with E-state index in [0.29, 0.717) is 24.1 Å². The SMILES string of the molecule is CN(C(=O)C1CCC(C(=O)O)O1)c1cccc(C#N)c1. The van der Waals surface area contributed by atoms with Gasteiger partial charge in [-0.25, -0.2) is 4.79 Å². The van der Waals surface area contributed by atoms with Crippen molar-refractivity contribution in [2.45, 2.75) is 25.0 Å². The highest BCUT2D eigenvalue weighted by atomic mass is 16.5. The number of carboxylic acid groups (broad SMARTS) is 1. The van der Waals surface area contributed by atoms with E-state index in [-0.39, 0.29) is 5.91 Å². The monoisotopic (exact) mass is 274 g/mol. The molecular formula is C14H14N2O4. The molecule has 1 heterocycles. The van der Waals surface area contributed by atoms with Gasteiger partial charge in [0.1, 0.15) is 6.10 Å². The van der Waals surface area contributed by atoms with Gasteiger partial charge < -0.3 is 14.7 Å². The average molecular weight is 274 g/mol. The summed E-state index contributed by atoms with van der Waals surface area (Å²) >= 11 is 0. The molecule has 1 fully saturated rings. The first-order valence-electron chi connectivity index (χ1n) is 6.19. The normalized spacial score (nSPS) is 21.2. The number of likely N-dealkylation sites (N-methyl/N-ethyl adjacent to an activating group) is 1. The summed E-state index contributed by atoms with van der Waals surface area (Å²) < 4.78 is 5.23. The number of carboxylic acids is 1. The predicted octanol–water partition coefficient (Wildman–Crippen LogP) is 1.15. The Bertz CT molecular complexity index is 579. The number of amides is 1. The molecule has 6 heteroatoms. The molecule has 2 unspecified atom stereocenters. The van der Waals surface area contributed by atoms with E-state index in [9.17, 15) is 9.59 Å². The minimum Gasteiger partial charge on any atom is -0.479 e. The van der Waals surface area contributed by atoms with Crippen LogP contribution in [0.5, 0.6) is 0 Å². The van der Waals surface area contributed by atoms with Crippen LogP contribution in [0.25, 0.3) is 0 Å². The van der Waals surface area contributed by atoms with Crippen LogP contribution in [-0.4, -0.2) is 36.2 Å². The molecule has 104 valence electrons. The summed E-state index contributed by atoms with van der Waals surface area (Å²) in [5, 5.41) is 17.7. The van der Waals surface area contributed by atoms with Gasteiger partial charge in [0, 0.05) is 12.7 Å². The maximum atomic E-state index is 12.2. The van der Waals surface area contributed by atoms with Crippen LogP contribution in [0.15, 0.2) is 24.3 Å². The van der Waals surface area contributed by atoms with Gasteiger partial charge in [0.2, 0.25) is 0 Å². The summed E-state index contributed by atoms with van der Waals surface area (Å²) in [6, 6.07) is 8.65. The summed E-state index contributed by atoms with van der Waals surface area (Å²) in [4.78, 5) is 24.4. The van der Waals surface area contributed by atoms with Crippen LogP contribution in [0, 0.1) is 11.3 Å². The van der Waals surface area contributed by atoms with Crippen LogP contribution < -0.4 is 4.90 Å². The third-order valence-electron chi connectivity index (χ3n) is 3.26. The van der Waals surface area contributed by atoms with Gasteiger partial charge in [0.15, 0.2) is 6.10 Å². The highest BCUT2D eigenvalue weighted by molar-refractivity contribution is 5.96. The first-order valence-corrected chi connectivity index (χ1v) is 6.19. The maximum absolute atomic E-state index is 12.2. The van der Waals surface area contributed by atoms with Gasteiger partial charge in [-0.15, -0.1) is 0 Å². The average Bonchev–Trinajstić information content (AvgIpc) is 2.95. The van der Waals surface area contributed by atoms with Gasteiger partial charge in [0.25, 0.3) is 5.91 Å². The number of carbonyl (C=O) groups is 2. The molecular weight excluding hydrogens is 260 g/mol. The minimum absolute atomic E-state index is 0.302. The van der Waals surface area contributed by atoms with E-state index in [1.165, 1.54) is 4.90 Å². The highest BCUT2D eigenvalue weighted by Gasteiger charge is 2.36. The van der Waals surface area contributed by atoms with Gasteiger partial charge in [0.05, 0.1) is 11.6 Å². The zero-order chi connectivity index (χ0) is 14.7. The molecule has 0 bridgehead atoms. The molecule has 2 atom stereocenters. The van der Waals surface area contributed by atoms with E-state index >= 15 is 0 Å². The zero-order valence-corrected chi connectivity index (χ0v) is 10.9. The van der Waals surface area contributed by atoms with Crippen LogP contribution in [0.4, 0.5) is 5.69 Å². The topological polar surface area (TPSA) is 90.6 Å². The summed E-state index contributed by atoms with van der Waals surface area (Å²) in [6.07, 6.45) is -0.940. The van der Waals surface area contributed by atoms with E-state index in [2.05, 4.69) is 0 Å². The maximum Gasteiger partial charge on any atom is 0.332 e. The molecule has 1 aromatic rings. The smallest absolute Gasteiger partial charge is 0.332 e. The second-order valence-corrected chi connectivity index (χ2v) is 4.59. The van der Waals surface area contributed by atoms with Crippen molar-refractivity contribution < 1.29 is 19.4 Å². The quantitative estimate of drug-likeness (QED) is 0.893. The molecule has 6 nitrogen and oxygen atoms in total. The number of ether oxygens (including phenoxy) is 1. The third-order valence-corrected chi connectivity index (χ3v) is 3.26. The molecule has 1 aromatic carbocycles. The molecule has 0 aliphatic carbocycles. The molecule has 20 heavy (non-hydrogen) atoms. The molecule has 2 rings (SSSR count). The Morgan fingerprint density at radius 1 is 1.40 bits per heavy atom. The Hall–Kier alpha value is -2.39. The lowest BCUT2D eigenvalue weighted by atomic mass is 10.1. The first kappa shape index (κ1) is 14.0. The lowest BCUT2D eigenvalue weighted by molar-refractivity contribution is -0.151. The number of benzene rings is 1. The molecule has 0 aromatic heterocycles. The Balaban J connectivity index is 2.09. The Labute approximate surface area is 116 Å². The van der Waals surface area contributed by atoms with E-state index in [1.807, 2.05) is 6.07 Å². The predicted molar refractivity (Wildman–Crippen MR) is 70.1 cm³/mol. The Morgan fingerprint density at radius 2 is 2.10 bits per heavy atom. The fourth-order valence-electron chi connectivity index (χ4n) is 2.13. The number of nitriles is 1. The Kier molecular flexibility index (Phi) is 4.01.